The van der Waals surface area contributed by atoms with Gasteiger partial charge in [-0.3, -0.25) is 0 Å². The molecule has 22 heavy (non-hydrogen) atoms. The van der Waals surface area contributed by atoms with Crippen molar-refractivity contribution < 1.29 is 19.4 Å². The predicted octanol–water partition coefficient (Wildman–Crippen LogP) is 1.06. The molecular formula is C14H18N4O4. The number of carboxylic acids is 1. The number of carbonyl (C=O) groups excluding carboxylic acids is 1. The van der Waals surface area contributed by atoms with Crippen molar-refractivity contribution in [1.29, 1.82) is 0 Å². The average molecular weight is 306 g/mol. The van der Waals surface area contributed by atoms with E-state index in [0.29, 0.717) is 18.9 Å². The van der Waals surface area contributed by atoms with Crippen molar-refractivity contribution in [3.63, 3.8) is 0 Å². The first-order valence-corrected chi connectivity index (χ1v) is 6.94. The van der Waals surface area contributed by atoms with Crippen LogP contribution in [0.1, 0.15) is 23.3 Å². The fourth-order valence-corrected chi connectivity index (χ4v) is 2.19. The SMILES string of the molecule is C=CCOC(=O)NC1CCN(c2cnc(C(=O)O)cn2)CC1. The lowest BCUT2D eigenvalue weighted by Crippen LogP contribution is -2.45. The Labute approximate surface area is 127 Å². The molecule has 118 valence electrons. The van der Waals surface area contributed by atoms with E-state index in [1.54, 1.807) is 0 Å². The first-order chi connectivity index (χ1) is 10.6. The van der Waals surface area contributed by atoms with Crippen LogP contribution in [-0.4, -0.2) is 52.9 Å². The molecule has 1 aliphatic rings. The number of alkyl carbamates (subject to hydrolysis) is 1. The summed E-state index contributed by atoms with van der Waals surface area (Å²) < 4.78 is 4.88. The lowest BCUT2D eigenvalue weighted by atomic mass is 10.1. The molecule has 0 unspecified atom stereocenters. The van der Waals surface area contributed by atoms with Gasteiger partial charge in [0, 0.05) is 19.1 Å². The Morgan fingerprint density at radius 2 is 2.14 bits per heavy atom. The number of carboxylic acid groups (broad SMARTS) is 1. The molecule has 0 radical (unpaired) electrons. The number of carbonyl (C=O) groups is 2. The Morgan fingerprint density at radius 3 is 2.68 bits per heavy atom. The van der Waals surface area contributed by atoms with Gasteiger partial charge in [-0.15, -0.1) is 0 Å². The summed E-state index contributed by atoms with van der Waals surface area (Å²) in [6.07, 6.45) is 5.28. The molecule has 0 bridgehead atoms. The number of ether oxygens (including phenoxy) is 1. The second-order valence-electron chi connectivity index (χ2n) is 4.86. The lowest BCUT2D eigenvalue weighted by Gasteiger charge is -2.32. The van der Waals surface area contributed by atoms with E-state index in [1.807, 2.05) is 4.90 Å². The van der Waals surface area contributed by atoms with E-state index >= 15 is 0 Å². The zero-order valence-corrected chi connectivity index (χ0v) is 12.1. The fourth-order valence-electron chi connectivity index (χ4n) is 2.19. The van der Waals surface area contributed by atoms with Crippen LogP contribution in [0.25, 0.3) is 0 Å². The topological polar surface area (TPSA) is 105 Å². The Bertz CT molecular complexity index is 538. The Morgan fingerprint density at radius 1 is 1.41 bits per heavy atom. The number of rotatable bonds is 5. The van der Waals surface area contributed by atoms with Crippen LogP contribution in [0, 0.1) is 0 Å². The molecule has 0 aromatic carbocycles. The van der Waals surface area contributed by atoms with Crippen LogP contribution in [-0.2, 0) is 4.74 Å². The summed E-state index contributed by atoms with van der Waals surface area (Å²) in [5.74, 6) is -0.460. The molecule has 1 fully saturated rings. The van der Waals surface area contributed by atoms with Crippen molar-refractivity contribution >= 4 is 17.9 Å². The molecule has 2 rings (SSSR count). The van der Waals surface area contributed by atoms with Gasteiger partial charge in [0.25, 0.3) is 0 Å². The molecule has 0 aliphatic carbocycles. The van der Waals surface area contributed by atoms with Crippen molar-refractivity contribution in [3.8, 4) is 0 Å². The first kappa shape index (κ1) is 15.7. The molecule has 2 N–H and O–H groups in total. The normalized spacial score (nSPS) is 15.2. The number of aromatic nitrogens is 2. The highest BCUT2D eigenvalue weighted by molar-refractivity contribution is 5.84. The van der Waals surface area contributed by atoms with Gasteiger partial charge in [-0.1, -0.05) is 12.7 Å². The Kier molecular flexibility index (Phi) is 5.29. The number of hydrogen-bond donors (Lipinski definition) is 2. The van der Waals surface area contributed by atoms with Gasteiger partial charge in [-0.25, -0.2) is 19.6 Å². The quantitative estimate of drug-likeness (QED) is 0.783. The van der Waals surface area contributed by atoms with Gasteiger partial charge in [0.2, 0.25) is 0 Å². The molecule has 1 aliphatic heterocycles. The van der Waals surface area contributed by atoms with E-state index < -0.39 is 12.1 Å². The highest BCUT2D eigenvalue weighted by Gasteiger charge is 2.22. The molecule has 1 aromatic rings. The van der Waals surface area contributed by atoms with Crippen molar-refractivity contribution in [1.82, 2.24) is 15.3 Å². The molecule has 1 saturated heterocycles. The van der Waals surface area contributed by atoms with Crippen molar-refractivity contribution in [3.05, 3.63) is 30.7 Å². The first-order valence-electron chi connectivity index (χ1n) is 6.94. The number of nitrogens with zero attached hydrogens (tertiary/aromatic N) is 3. The highest BCUT2D eigenvalue weighted by atomic mass is 16.5. The number of nitrogens with one attached hydrogen (secondary N) is 1. The summed E-state index contributed by atoms with van der Waals surface area (Å²) in [7, 11) is 0. The largest absolute Gasteiger partial charge is 0.476 e. The maximum atomic E-state index is 11.5. The molecule has 1 amide bonds. The van der Waals surface area contributed by atoms with Crippen LogP contribution in [0.3, 0.4) is 0 Å². The van der Waals surface area contributed by atoms with Crippen LogP contribution < -0.4 is 10.2 Å². The van der Waals surface area contributed by atoms with E-state index in [1.165, 1.54) is 18.5 Å². The van der Waals surface area contributed by atoms with Gasteiger partial charge in [0.1, 0.15) is 12.4 Å². The summed E-state index contributed by atoms with van der Waals surface area (Å²) in [6, 6.07) is 0.0554. The summed E-state index contributed by atoms with van der Waals surface area (Å²) in [6.45, 7) is 5.07. The van der Waals surface area contributed by atoms with Crippen LogP contribution in [0.15, 0.2) is 25.0 Å². The van der Waals surface area contributed by atoms with Crippen LogP contribution in [0.4, 0.5) is 10.6 Å². The number of anilines is 1. The van der Waals surface area contributed by atoms with E-state index in [4.69, 9.17) is 9.84 Å². The minimum Gasteiger partial charge on any atom is -0.476 e. The maximum absolute atomic E-state index is 11.5. The summed E-state index contributed by atoms with van der Waals surface area (Å²) in [5.41, 5.74) is -0.0785. The molecule has 8 nitrogen and oxygen atoms in total. The molecular weight excluding hydrogens is 288 g/mol. The van der Waals surface area contributed by atoms with Gasteiger partial charge in [0.05, 0.1) is 12.4 Å². The lowest BCUT2D eigenvalue weighted by molar-refractivity contribution is 0.0690. The van der Waals surface area contributed by atoms with Crippen molar-refractivity contribution in [2.75, 3.05) is 24.6 Å². The molecule has 2 heterocycles. The Balaban J connectivity index is 1.82. The summed E-state index contributed by atoms with van der Waals surface area (Å²) in [5, 5.41) is 11.6. The second-order valence-corrected chi connectivity index (χ2v) is 4.86. The molecule has 0 spiro atoms. The van der Waals surface area contributed by atoms with Gasteiger partial charge >= 0.3 is 12.1 Å². The summed E-state index contributed by atoms with van der Waals surface area (Å²) >= 11 is 0. The predicted molar refractivity (Wildman–Crippen MR) is 78.9 cm³/mol. The highest BCUT2D eigenvalue weighted by Crippen LogP contribution is 2.17. The fraction of sp³-hybridized carbons (Fsp3) is 0.429. The molecule has 0 saturated carbocycles. The standard InChI is InChI=1S/C14H18N4O4/c1-2-7-22-14(21)17-10-3-5-18(6-4-10)12-9-15-11(8-16-12)13(19)20/h2,8-10H,1,3-7H2,(H,17,21)(H,19,20). The smallest absolute Gasteiger partial charge is 0.407 e. The minimum atomic E-state index is -1.10. The van der Waals surface area contributed by atoms with E-state index in [2.05, 4.69) is 21.9 Å². The third-order valence-corrected chi connectivity index (χ3v) is 3.33. The van der Waals surface area contributed by atoms with Gasteiger partial charge in [-0.05, 0) is 12.8 Å². The number of aromatic carboxylic acids is 1. The molecule has 1 aromatic heterocycles. The van der Waals surface area contributed by atoms with Gasteiger partial charge in [0.15, 0.2) is 5.69 Å². The Hall–Kier alpha value is -2.64. The monoisotopic (exact) mass is 306 g/mol. The molecule has 0 atom stereocenters. The maximum Gasteiger partial charge on any atom is 0.407 e. The van der Waals surface area contributed by atoms with Crippen molar-refractivity contribution in [2.24, 2.45) is 0 Å². The number of piperidine rings is 1. The van der Waals surface area contributed by atoms with E-state index in [-0.39, 0.29) is 18.3 Å². The van der Waals surface area contributed by atoms with Gasteiger partial charge in [-0.2, -0.15) is 0 Å². The number of hydrogen-bond acceptors (Lipinski definition) is 6. The average Bonchev–Trinajstić information content (AvgIpc) is 2.54. The third-order valence-electron chi connectivity index (χ3n) is 3.33. The van der Waals surface area contributed by atoms with Gasteiger partial charge < -0.3 is 20.1 Å². The molecule has 8 heteroatoms. The summed E-state index contributed by atoms with van der Waals surface area (Å²) in [4.78, 5) is 32.2. The zero-order valence-electron chi connectivity index (χ0n) is 12.1. The van der Waals surface area contributed by atoms with Crippen molar-refractivity contribution in [2.45, 2.75) is 18.9 Å². The van der Waals surface area contributed by atoms with E-state index in [0.717, 1.165) is 12.8 Å². The van der Waals surface area contributed by atoms with Crippen LogP contribution in [0.2, 0.25) is 0 Å². The third kappa shape index (κ3) is 4.18. The zero-order chi connectivity index (χ0) is 15.9. The van der Waals surface area contributed by atoms with Crippen LogP contribution in [0.5, 0.6) is 0 Å². The van der Waals surface area contributed by atoms with E-state index in [9.17, 15) is 9.59 Å². The number of amides is 1. The van der Waals surface area contributed by atoms with Crippen LogP contribution >= 0.6 is 0 Å². The second kappa shape index (κ2) is 7.39. The minimum absolute atomic E-state index is 0.0554.